The minimum atomic E-state index is -0.599. The van der Waals surface area contributed by atoms with Crippen LogP contribution in [0.15, 0.2) is 42.5 Å². The number of hydrogen-bond donors (Lipinski definition) is 1. The molecule has 0 aliphatic carbocycles. The molecule has 0 unspecified atom stereocenters. The molecule has 0 heterocycles. The standard InChI is InChI=1S/C24H30ClFN2O3S/c1-4-12-27-24(30)22(5-2)28(14-17-8-6-9-18(13-17)31-3)23(29)16-32-15-19-20(25)10-7-11-21(19)26/h6-11,13,22H,4-5,12,14-16H2,1-3H3,(H,27,30)/t22-/m0/s1. The zero-order valence-corrected chi connectivity index (χ0v) is 20.3. The van der Waals surface area contributed by atoms with Crippen LogP contribution in [0.4, 0.5) is 4.39 Å². The van der Waals surface area contributed by atoms with Crippen molar-refractivity contribution in [1.82, 2.24) is 10.2 Å². The molecule has 0 saturated carbocycles. The number of ether oxygens (including phenoxy) is 1. The van der Waals surface area contributed by atoms with E-state index in [1.165, 1.54) is 17.8 Å². The van der Waals surface area contributed by atoms with Crippen LogP contribution < -0.4 is 10.1 Å². The Kier molecular flexibility index (Phi) is 10.8. The average molecular weight is 481 g/mol. The number of carbonyl (C=O) groups excluding carboxylic acids is 2. The van der Waals surface area contributed by atoms with Gasteiger partial charge < -0.3 is 15.0 Å². The monoisotopic (exact) mass is 480 g/mol. The fraction of sp³-hybridized carbons (Fsp3) is 0.417. The van der Waals surface area contributed by atoms with Crippen LogP contribution in [0.25, 0.3) is 0 Å². The molecule has 32 heavy (non-hydrogen) atoms. The molecule has 0 aromatic heterocycles. The lowest BCUT2D eigenvalue weighted by Gasteiger charge is -2.30. The van der Waals surface area contributed by atoms with Crippen LogP contribution >= 0.6 is 23.4 Å². The fourth-order valence-corrected chi connectivity index (χ4v) is 4.50. The van der Waals surface area contributed by atoms with Gasteiger partial charge in [0.05, 0.1) is 12.9 Å². The molecule has 0 aliphatic heterocycles. The van der Waals surface area contributed by atoms with Gasteiger partial charge in [-0.15, -0.1) is 11.8 Å². The molecule has 0 fully saturated rings. The first-order valence-corrected chi connectivity index (χ1v) is 12.1. The van der Waals surface area contributed by atoms with Gasteiger partial charge >= 0.3 is 0 Å². The number of thioether (sulfide) groups is 1. The van der Waals surface area contributed by atoms with Crippen LogP contribution in [-0.4, -0.2) is 42.2 Å². The van der Waals surface area contributed by atoms with E-state index in [1.54, 1.807) is 24.1 Å². The van der Waals surface area contributed by atoms with E-state index in [0.717, 1.165) is 12.0 Å². The van der Waals surface area contributed by atoms with Crippen molar-refractivity contribution in [3.05, 3.63) is 64.4 Å². The summed E-state index contributed by atoms with van der Waals surface area (Å²) < 4.78 is 19.3. The Hall–Kier alpha value is -2.25. The number of nitrogens with one attached hydrogen (secondary N) is 1. The molecular formula is C24H30ClFN2O3S. The predicted molar refractivity (Wildman–Crippen MR) is 128 cm³/mol. The highest BCUT2D eigenvalue weighted by atomic mass is 35.5. The number of carbonyl (C=O) groups is 2. The molecule has 174 valence electrons. The van der Waals surface area contributed by atoms with Gasteiger partial charge in [-0.2, -0.15) is 0 Å². The number of amides is 2. The fourth-order valence-electron chi connectivity index (χ4n) is 3.25. The van der Waals surface area contributed by atoms with Crippen molar-refractivity contribution in [2.24, 2.45) is 0 Å². The molecule has 2 rings (SSSR count). The van der Waals surface area contributed by atoms with E-state index in [9.17, 15) is 14.0 Å². The minimum Gasteiger partial charge on any atom is -0.497 e. The summed E-state index contributed by atoms with van der Waals surface area (Å²) in [5.41, 5.74) is 1.24. The topological polar surface area (TPSA) is 58.6 Å². The Labute approximate surface area is 198 Å². The zero-order chi connectivity index (χ0) is 23.5. The van der Waals surface area contributed by atoms with Gasteiger partial charge in [0.15, 0.2) is 0 Å². The SMILES string of the molecule is CCCNC(=O)[C@H](CC)N(Cc1cccc(OC)c1)C(=O)CSCc1c(F)cccc1Cl. The quantitative estimate of drug-likeness (QED) is 0.461. The molecule has 2 amide bonds. The molecule has 5 nitrogen and oxygen atoms in total. The first-order valence-electron chi connectivity index (χ1n) is 10.6. The van der Waals surface area contributed by atoms with Gasteiger partial charge in [0.25, 0.3) is 0 Å². The molecule has 2 aromatic carbocycles. The van der Waals surface area contributed by atoms with E-state index >= 15 is 0 Å². The summed E-state index contributed by atoms with van der Waals surface area (Å²) in [5, 5.41) is 3.23. The third-order valence-corrected chi connectivity index (χ3v) is 6.25. The number of rotatable bonds is 12. The van der Waals surface area contributed by atoms with Gasteiger partial charge in [0.1, 0.15) is 17.6 Å². The second kappa shape index (κ2) is 13.3. The van der Waals surface area contributed by atoms with Crippen LogP contribution in [0, 0.1) is 5.82 Å². The molecule has 2 aromatic rings. The zero-order valence-electron chi connectivity index (χ0n) is 18.7. The summed E-state index contributed by atoms with van der Waals surface area (Å²) in [6.45, 7) is 4.69. The van der Waals surface area contributed by atoms with Crippen molar-refractivity contribution >= 4 is 35.2 Å². The average Bonchev–Trinajstić information content (AvgIpc) is 2.79. The summed E-state index contributed by atoms with van der Waals surface area (Å²) in [7, 11) is 1.58. The summed E-state index contributed by atoms with van der Waals surface area (Å²) >= 11 is 7.37. The maximum atomic E-state index is 14.0. The molecule has 1 atom stereocenters. The third-order valence-electron chi connectivity index (χ3n) is 4.96. The van der Waals surface area contributed by atoms with E-state index < -0.39 is 11.9 Å². The van der Waals surface area contributed by atoms with Crippen LogP contribution in [0.5, 0.6) is 5.75 Å². The van der Waals surface area contributed by atoms with Crippen LogP contribution in [0.3, 0.4) is 0 Å². The summed E-state index contributed by atoms with van der Waals surface area (Å²) in [6, 6.07) is 11.4. The van der Waals surface area contributed by atoms with E-state index in [2.05, 4.69) is 5.32 Å². The van der Waals surface area contributed by atoms with Crippen LogP contribution in [-0.2, 0) is 21.9 Å². The van der Waals surface area contributed by atoms with E-state index in [4.69, 9.17) is 16.3 Å². The third kappa shape index (κ3) is 7.41. The van der Waals surface area contributed by atoms with Crippen molar-refractivity contribution in [3.8, 4) is 5.75 Å². The Bertz CT molecular complexity index is 892. The Morgan fingerprint density at radius 3 is 2.62 bits per heavy atom. The second-order valence-corrected chi connectivity index (χ2v) is 8.67. The van der Waals surface area contributed by atoms with Crippen molar-refractivity contribution in [2.45, 2.75) is 45.0 Å². The molecule has 1 N–H and O–H groups in total. The molecular weight excluding hydrogens is 451 g/mol. The molecule has 0 aliphatic rings. The van der Waals surface area contributed by atoms with E-state index in [-0.39, 0.29) is 29.9 Å². The lowest BCUT2D eigenvalue weighted by atomic mass is 10.1. The molecule has 0 bridgehead atoms. The molecule has 0 radical (unpaired) electrons. The molecule has 0 spiro atoms. The van der Waals surface area contributed by atoms with Gasteiger partial charge in [-0.3, -0.25) is 9.59 Å². The van der Waals surface area contributed by atoms with Gasteiger partial charge in [-0.25, -0.2) is 4.39 Å². The summed E-state index contributed by atoms with van der Waals surface area (Å²) in [5.74, 6) is 0.296. The van der Waals surface area contributed by atoms with E-state index in [1.807, 2.05) is 38.1 Å². The Morgan fingerprint density at radius 1 is 1.22 bits per heavy atom. The maximum absolute atomic E-state index is 14.0. The number of halogens is 2. The smallest absolute Gasteiger partial charge is 0.242 e. The van der Waals surface area contributed by atoms with Crippen molar-refractivity contribution in [1.29, 1.82) is 0 Å². The molecule has 0 saturated heterocycles. The van der Waals surface area contributed by atoms with Crippen molar-refractivity contribution in [3.63, 3.8) is 0 Å². The van der Waals surface area contributed by atoms with E-state index in [0.29, 0.717) is 29.3 Å². The summed E-state index contributed by atoms with van der Waals surface area (Å²) in [6.07, 6.45) is 1.29. The lowest BCUT2D eigenvalue weighted by Crippen LogP contribution is -2.49. The normalized spacial score (nSPS) is 11.7. The van der Waals surface area contributed by atoms with Crippen molar-refractivity contribution < 1.29 is 18.7 Å². The van der Waals surface area contributed by atoms with Crippen LogP contribution in [0.2, 0.25) is 5.02 Å². The van der Waals surface area contributed by atoms with Gasteiger partial charge in [-0.05, 0) is 42.7 Å². The number of hydrogen-bond acceptors (Lipinski definition) is 4. The Morgan fingerprint density at radius 2 is 1.97 bits per heavy atom. The number of methoxy groups -OCH3 is 1. The predicted octanol–water partition coefficient (Wildman–Crippen LogP) is 5.05. The van der Waals surface area contributed by atoms with Gasteiger partial charge in [-0.1, -0.05) is 43.6 Å². The highest BCUT2D eigenvalue weighted by Gasteiger charge is 2.28. The maximum Gasteiger partial charge on any atom is 0.242 e. The number of nitrogens with zero attached hydrogens (tertiary/aromatic N) is 1. The highest BCUT2D eigenvalue weighted by Crippen LogP contribution is 2.25. The van der Waals surface area contributed by atoms with Crippen molar-refractivity contribution in [2.75, 3.05) is 19.4 Å². The second-order valence-electron chi connectivity index (χ2n) is 7.28. The number of benzene rings is 2. The first kappa shape index (κ1) is 26.0. The summed E-state index contributed by atoms with van der Waals surface area (Å²) in [4.78, 5) is 27.6. The van der Waals surface area contributed by atoms with Crippen LogP contribution in [0.1, 0.15) is 37.8 Å². The Balaban J connectivity index is 2.17. The van der Waals surface area contributed by atoms with Gasteiger partial charge in [0.2, 0.25) is 11.8 Å². The largest absolute Gasteiger partial charge is 0.497 e. The highest BCUT2D eigenvalue weighted by molar-refractivity contribution is 7.99. The first-order chi connectivity index (χ1) is 15.4. The lowest BCUT2D eigenvalue weighted by molar-refractivity contribution is -0.139. The van der Waals surface area contributed by atoms with Gasteiger partial charge in [0, 0.05) is 29.4 Å². The molecule has 8 heteroatoms. The minimum absolute atomic E-state index is 0.103.